The van der Waals surface area contributed by atoms with Crippen LogP contribution in [0.25, 0.3) is 6.08 Å². The van der Waals surface area contributed by atoms with Crippen LogP contribution in [0.4, 0.5) is 4.39 Å². The number of aliphatic imine (C=N–C) groups is 1. The van der Waals surface area contributed by atoms with Crippen LogP contribution in [-0.4, -0.2) is 23.1 Å². The highest BCUT2D eigenvalue weighted by Crippen LogP contribution is 2.39. The van der Waals surface area contributed by atoms with Crippen LogP contribution in [0.1, 0.15) is 22.3 Å². The van der Waals surface area contributed by atoms with Gasteiger partial charge in [0.15, 0.2) is 16.7 Å². The lowest BCUT2D eigenvalue weighted by atomic mass is 10.1. The van der Waals surface area contributed by atoms with Crippen molar-refractivity contribution in [2.24, 2.45) is 4.99 Å². The molecule has 1 aliphatic rings. The van der Waals surface area contributed by atoms with Gasteiger partial charge >= 0.3 is 0 Å². The Morgan fingerprint density at radius 2 is 1.62 bits per heavy atom. The molecule has 1 amide bonds. The van der Waals surface area contributed by atoms with Crippen LogP contribution in [0.15, 0.2) is 107 Å². The van der Waals surface area contributed by atoms with Gasteiger partial charge in [0.2, 0.25) is 0 Å². The van der Waals surface area contributed by atoms with E-state index in [1.807, 2.05) is 60.7 Å². The van der Waals surface area contributed by atoms with Gasteiger partial charge in [-0.05, 0) is 64.4 Å². The molecule has 0 atom stereocenters. The summed E-state index contributed by atoms with van der Waals surface area (Å²) in [6.45, 7) is 0.999. The number of methoxy groups -OCH3 is 1. The first-order valence-corrected chi connectivity index (χ1v) is 13.8. The fourth-order valence-electron chi connectivity index (χ4n) is 4.17. The van der Waals surface area contributed by atoms with Crippen molar-refractivity contribution >= 4 is 40.5 Å². The van der Waals surface area contributed by atoms with Crippen molar-refractivity contribution < 1.29 is 18.7 Å². The van der Waals surface area contributed by atoms with E-state index in [0.717, 1.165) is 11.1 Å². The maximum Gasteiger partial charge on any atom is 0.267 e. The average Bonchev–Trinajstić information content (AvgIpc) is 3.25. The molecule has 4 aromatic rings. The number of hydrogen-bond acceptors (Lipinski definition) is 5. The zero-order valence-electron chi connectivity index (χ0n) is 21.7. The number of thioether (sulfide) groups is 1. The van der Waals surface area contributed by atoms with Crippen LogP contribution in [0.3, 0.4) is 0 Å². The van der Waals surface area contributed by atoms with Gasteiger partial charge in [0.1, 0.15) is 12.4 Å². The number of nitrogens with zero attached hydrogens (tertiary/aromatic N) is 2. The Morgan fingerprint density at radius 3 is 2.33 bits per heavy atom. The van der Waals surface area contributed by atoms with Gasteiger partial charge in [-0.25, -0.2) is 4.39 Å². The average molecular weight is 573 g/mol. The minimum atomic E-state index is -0.340. The van der Waals surface area contributed by atoms with Crippen molar-refractivity contribution in [3.8, 4) is 11.5 Å². The van der Waals surface area contributed by atoms with Gasteiger partial charge in [0, 0.05) is 0 Å². The highest BCUT2D eigenvalue weighted by Gasteiger charge is 2.33. The first-order valence-electron chi connectivity index (χ1n) is 12.6. The molecule has 0 aromatic heterocycles. The summed E-state index contributed by atoms with van der Waals surface area (Å²) in [6.07, 6.45) is 1.78. The third-order valence-corrected chi connectivity index (χ3v) is 7.46. The number of ether oxygens (including phenoxy) is 2. The maximum absolute atomic E-state index is 13.6. The van der Waals surface area contributed by atoms with Gasteiger partial charge in [-0.15, -0.1) is 0 Å². The fourth-order valence-corrected chi connectivity index (χ4v) is 5.42. The van der Waals surface area contributed by atoms with E-state index >= 15 is 0 Å². The molecule has 1 fully saturated rings. The molecule has 0 saturated carbocycles. The molecule has 5 rings (SSSR count). The van der Waals surface area contributed by atoms with E-state index in [1.54, 1.807) is 35.2 Å². The van der Waals surface area contributed by atoms with Crippen molar-refractivity contribution in [1.82, 2.24) is 4.90 Å². The van der Waals surface area contributed by atoms with E-state index < -0.39 is 0 Å². The van der Waals surface area contributed by atoms with Gasteiger partial charge in [-0.1, -0.05) is 84.4 Å². The summed E-state index contributed by atoms with van der Waals surface area (Å²) in [6, 6.07) is 29.4. The summed E-state index contributed by atoms with van der Waals surface area (Å²) < 4.78 is 25.0. The standard InChI is InChI=1S/C32H26ClFN2O3S/c1-38-28-17-25(16-27(33)30(28)39-21-24-13-8-14-26(34)15-24)18-29-31(37)36(20-23-11-6-3-7-12-23)32(40-29)35-19-22-9-4-2-5-10-22/h2-18H,19-21H2,1H3/b29-18+,35-32?. The number of benzene rings is 4. The Hall–Kier alpha value is -4.07. The first-order chi connectivity index (χ1) is 19.5. The van der Waals surface area contributed by atoms with Gasteiger partial charge < -0.3 is 9.47 Å². The molecule has 0 bridgehead atoms. The summed E-state index contributed by atoms with van der Waals surface area (Å²) in [5, 5.41) is 0.953. The molecule has 4 aromatic carbocycles. The Morgan fingerprint density at radius 1 is 0.925 bits per heavy atom. The molecular weight excluding hydrogens is 547 g/mol. The van der Waals surface area contributed by atoms with E-state index in [-0.39, 0.29) is 18.3 Å². The molecular formula is C32H26ClFN2O3S. The van der Waals surface area contributed by atoms with E-state index in [1.165, 1.54) is 31.0 Å². The molecule has 0 aliphatic carbocycles. The second-order valence-corrected chi connectivity index (χ2v) is 10.4. The maximum atomic E-state index is 13.6. The first kappa shape index (κ1) is 27.5. The predicted molar refractivity (Wildman–Crippen MR) is 159 cm³/mol. The fraction of sp³-hybridized carbons (Fsp3) is 0.125. The summed E-state index contributed by atoms with van der Waals surface area (Å²) in [5.41, 5.74) is 3.41. The molecule has 40 heavy (non-hydrogen) atoms. The number of halogens is 2. The zero-order valence-corrected chi connectivity index (χ0v) is 23.3. The van der Waals surface area contributed by atoms with Crippen LogP contribution in [0.5, 0.6) is 11.5 Å². The predicted octanol–water partition coefficient (Wildman–Crippen LogP) is 7.74. The van der Waals surface area contributed by atoms with Gasteiger partial charge in [0.05, 0.1) is 30.1 Å². The van der Waals surface area contributed by atoms with Crippen molar-refractivity contribution in [3.63, 3.8) is 0 Å². The Kier molecular flexibility index (Phi) is 8.84. The molecule has 202 valence electrons. The molecule has 8 heteroatoms. The van der Waals surface area contributed by atoms with Crippen LogP contribution in [0, 0.1) is 5.82 Å². The topological polar surface area (TPSA) is 51.1 Å². The number of amides is 1. The third kappa shape index (κ3) is 6.73. The molecule has 1 aliphatic heterocycles. The second kappa shape index (κ2) is 12.9. The van der Waals surface area contributed by atoms with E-state index in [0.29, 0.717) is 50.8 Å². The quantitative estimate of drug-likeness (QED) is 0.192. The Labute approximate surface area is 241 Å². The summed E-state index contributed by atoms with van der Waals surface area (Å²) in [7, 11) is 1.52. The smallest absolute Gasteiger partial charge is 0.267 e. The molecule has 0 N–H and O–H groups in total. The van der Waals surface area contributed by atoms with Crippen molar-refractivity contribution in [1.29, 1.82) is 0 Å². The highest BCUT2D eigenvalue weighted by atomic mass is 35.5. The molecule has 0 radical (unpaired) electrons. The van der Waals surface area contributed by atoms with Crippen molar-refractivity contribution in [2.75, 3.05) is 7.11 Å². The molecule has 0 spiro atoms. The molecule has 0 unspecified atom stereocenters. The van der Waals surface area contributed by atoms with Crippen LogP contribution >= 0.6 is 23.4 Å². The zero-order chi connectivity index (χ0) is 27.9. The number of amidine groups is 1. The van der Waals surface area contributed by atoms with Gasteiger partial charge in [0.25, 0.3) is 5.91 Å². The number of rotatable bonds is 9. The van der Waals surface area contributed by atoms with Crippen LogP contribution < -0.4 is 9.47 Å². The third-order valence-electron chi connectivity index (χ3n) is 6.13. The minimum absolute atomic E-state index is 0.123. The largest absolute Gasteiger partial charge is 0.493 e. The lowest BCUT2D eigenvalue weighted by molar-refractivity contribution is -0.122. The van der Waals surface area contributed by atoms with Gasteiger partial charge in [-0.3, -0.25) is 14.7 Å². The number of carbonyl (C=O) groups excluding carboxylic acids is 1. The lowest BCUT2D eigenvalue weighted by Gasteiger charge is -2.16. The monoisotopic (exact) mass is 572 g/mol. The molecule has 1 heterocycles. The summed E-state index contributed by atoms with van der Waals surface area (Å²) in [5.74, 6) is 0.275. The van der Waals surface area contributed by atoms with Gasteiger partial charge in [-0.2, -0.15) is 0 Å². The van der Waals surface area contributed by atoms with E-state index in [4.69, 9.17) is 26.1 Å². The Balaban J connectivity index is 1.41. The lowest BCUT2D eigenvalue weighted by Crippen LogP contribution is -2.28. The summed E-state index contributed by atoms with van der Waals surface area (Å²) >= 11 is 7.91. The number of carbonyl (C=O) groups is 1. The summed E-state index contributed by atoms with van der Waals surface area (Å²) in [4.78, 5) is 20.6. The van der Waals surface area contributed by atoms with Crippen LogP contribution in [0.2, 0.25) is 5.02 Å². The molecule has 1 saturated heterocycles. The van der Waals surface area contributed by atoms with E-state index in [9.17, 15) is 9.18 Å². The Bertz CT molecular complexity index is 1560. The van der Waals surface area contributed by atoms with Crippen molar-refractivity contribution in [2.45, 2.75) is 19.7 Å². The highest BCUT2D eigenvalue weighted by molar-refractivity contribution is 8.18. The SMILES string of the molecule is COc1cc(/C=C2/SC(=NCc3ccccc3)N(Cc3ccccc3)C2=O)cc(Cl)c1OCc1cccc(F)c1. The van der Waals surface area contributed by atoms with E-state index in [2.05, 4.69) is 0 Å². The van der Waals surface area contributed by atoms with Crippen molar-refractivity contribution in [3.05, 3.63) is 135 Å². The van der Waals surface area contributed by atoms with Crippen LogP contribution in [-0.2, 0) is 24.5 Å². The number of hydrogen-bond donors (Lipinski definition) is 0. The second-order valence-electron chi connectivity index (χ2n) is 9.02. The minimum Gasteiger partial charge on any atom is -0.493 e. The normalized spacial score (nSPS) is 15.2. The molecule has 5 nitrogen and oxygen atoms in total.